The molecule has 19 heavy (non-hydrogen) atoms. The third kappa shape index (κ3) is 2.42. The molecule has 0 aliphatic carbocycles. The van der Waals surface area contributed by atoms with Crippen LogP contribution in [0.5, 0.6) is 0 Å². The van der Waals surface area contributed by atoms with Gasteiger partial charge in [-0.15, -0.1) is 0 Å². The van der Waals surface area contributed by atoms with E-state index < -0.39 is 5.41 Å². The van der Waals surface area contributed by atoms with Crippen LogP contribution < -0.4 is 10.6 Å². The molecule has 0 radical (unpaired) electrons. The van der Waals surface area contributed by atoms with Gasteiger partial charge in [-0.05, 0) is 34.1 Å². The van der Waals surface area contributed by atoms with Crippen LogP contribution in [0, 0.1) is 5.41 Å². The van der Waals surface area contributed by atoms with Crippen molar-refractivity contribution in [2.45, 2.75) is 20.3 Å². The van der Waals surface area contributed by atoms with Gasteiger partial charge in [-0.3, -0.25) is 9.59 Å². The molecule has 0 bridgehead atoms. The first-order valence-corrected chi connectivity index (χ1v) is 6.91. The highest BCUT2D eigenvalue weighted by molar-refractivity contribution is 9.10. The number of halogens is 1. The number of benzene rings is 1. The second-order valence-electron chi connectivity index (χ2n) is 5.13. The molecule has 1 aliphatic rings. The summed E-state index contributed by atoms with van der Waals surface area (Å²) in [5, 5.41) is 0. The van der Waals surface area contributed by atoms with E-state index in [2.05, 4.69) is 15.9 Å². The summed E-state index contributed by atoms with van der Waals surface area (Å²) in [6.45, 7) is 3.54. The van der Waals surface area contributed by atoms with Gasteiger partial charge >= 0.3 is 0 Å². The van der Waals surface area contributed by atoms with E-state index in [1.807, 2.05) is 0 Å². The molecule has 1 aromatic rings. The molecule has 1 saturated heterocycles. The predicted molar refractivity (Wildman–Crippen MR) is 80.9 cm³/mol. The highest BCUT2D eigenvalue weighted by Gasteiger charge is 2.45. The summed E-state index contributed by atoms with van der Waals surface area (Å²) < 4.78 is 0.622. The minimum atomic E-state index is -0.654. The molecule has 1 fully saturated rings. The average Bonchev–Trinajstić information content (AvgIpc) is 2.49. The number of hydrogen-bond acceptors (Lipinski definition) is 3. The van der Waals surface area contributed by atoms with Crippen LogP contribution >= 0.6 is 28.1 Å². The van der Waals surface area contributed by atoms with E-state index >= 15 is 0 Å². The number of rotatable bonds is 2. The number of nitrogens with two attached hydrogens (primary N) is 1. The minimum Gasteiger partial charge on any atom is -0.389 e. The zero-order valence-electron chi connectivity index (χ0n) is 10.6. The molecule has 0 spiro atoms. The third-order valence-corrected chi connectivity index (χ3v) is 3.97. The fraction of sp³-hybridized carbons (Fsp3) is 0.308. The lowest BCUT2D eigenvalue weighted by molar-refractivity contribution is -0.124. The van der Waals surface area contributed by atoms with Crippen molar-refractivity contribution in [1.82, 2.24) is 0 Å². The Bertz CT molecular complexity index is 598. The van der Waals surface area contributed by atoms with Gasteiger partial charge in [-0.25, -0.2) is 4.90 Å². The number of carbonyl (C=O) groups excluding carboxylic acids is 2. The van der Waals surface area contributed by atoms with Crippen molar-refractivity contribution in [3.63, 3.8) is 0 Å². The highest BCUT2D eigenvalue weighted by Crippen LogP contribution is 2.38. The van der Waals surface area contributed by atoms with Gasteiger partial charge in [0, 0.05) is 16.5 Å². The number of carbonyl (C=O) groups is 2. The molecule has 2 N–H and O–H groups in total. The maximum Gasteiger partial charge on any atom is 0.239 e. The summed E-state index contributed by atoms with van der Waals surface area (Å²) in [5.41, 5.74) is 6.11. The molecule has 0 atom stereocenters. The third-order valence-electron chi connectivity index (χ3n) is 3.10. The molecule has 4 nitrogen and oxygen atoms in total. The fourth-order valence-electron chi connectivity index (χ4n) is 2.03. The van der Waals surface area contributed by atoms with E-state index in [-0.39, 0.29) is 23.2 Å². The predicted octanol–water partition coefficient (Wildman–Crippen LogP) is 2.37. The highest BCUT2D eigenvalue weighted by atomic mass is 79.9. The molecule has 2 rings (SSSR count). The van der Waals surface area contributed by atoms with Gasteiger partial charge in [0.05, 0.1) is 11.1 Å². The van der Waals surface area contributed by atoms with Crippen molar-refractivity contribution in [3.8, 4) is 0 Å². The van der Waals surface area contributed by atoms with Gasteiger partial charge < -0.3 is 5.73 Å². The van der Waals surface area contributed by atoms with Crippen LogP contribution in [0.2, 0.25) is 0 Å². The number of imide groups is 1. The van der Waals surface area contributed by atoms with Crippen molar-refractivity contribution >= 4 is 50.6 Å². The van der Waals surface area contributed by atoms with Gasteiger partial charge in [0.25, 0.3) is 0 Å². The smallest absolute Gasteiger partial charge is 0.239 e. The second-order valence-corrected chi connectivity index (χ2v) is 6.42. The van der Waals surface area contributed by atoms with E-state index in [4.69, 9.17) is 18.0 Å². The first-order valence-electron chi connectivity index (χ1n) is 5.71. The lowest BCUT2D eigenvalue weighted by atomic mass is 9.92. The van der Waals surface area contributed by atoms with Crippen LogP contribution in [0.3, 0.4) is 0 Å². The van der Waals surface area contributed by atoms with Gasteiger partial charge in [0.15, 0.2) is 0 Å². The number of thiocarbonyl (C=S) groups is 1. The Kier molecular flexibility index (Phi) is 3.49. The standard InChI is InChI=1S/C13H13BrN2O2S/c1-13(2)6-10(17)16(12(13)18)9-4-3-7(11(15)19)5-8(9)14/h3-5H,6H2,1-2H3,(H2,15,19). The first-order chi connectivity index (χ1) is 8.74. The zero-order valence-corrected chi connectivity index (χ0v) is 13.0. The second kappa shape index (κ2) is 4.68. The van der Waals surface area contributed by atoms with Crippen LogP contribution in [0.4, 0.5) is 5.69 Å². The van der Waals surface area contributed by atoms with Crippen LogP contribution in [-0.4, -0.2) is 16.8 Å². The molecule has 100 valence electrons. The Hall–Kier alpha value is -1.27. The molecule has 6 heteroatoms. The van der Waals surface area contributed by atoms with Gasteiger partial charge in [-0.2, -0.15) is 0 Å². The summed E-state index contributed by atoms with van der Waals surface area (Å²) >= 11 is 8.25. The number of hydrogen-bond donors (Lipinski definition) is 1. The normalized spacial score (nSPS) is 17.9. The monoisotopic (exact) mass is 340 g/mol. The first kappa shape index (κ1) is 14.1. The van der Waals surface area contributed by atoms with Crippen molar-refractivity contribution in [1.29, 1.82) is 0 Å². The molecule has 0 unspecified atom stereocenters. The molecule has 1 aliphatic heterocycles. The Morgan fingerprint density at radius 3 is 2.47 bits per heavy atom. The lowest BCUT2D eigenvalue weighted by Crippen LogP contribution is -2.33. The van der Waals surface area contributed by atoms with Gasteiger partial charge in [-0.1, -0.05) is 26.1 Å². The molecule has 2 amide bonds. The lowest BCUT2D eigenvalue weighted by Gasteiger charge is -2.19. The summed E-state index contributed by atoms with van der Waals surface area (Å²) in [5.74, 6) is -0.389. The maximum atomic E-state index is 12.2. The summed E-state index contributed by atoms with van der Waals surface area (Å²) in [6, 6.07) is 5.09. The van der Waals surface area contributed by atoms with Crippen molar-refractivity contribution in [2.75, 3.05) is 4.90 Å². The Balaban J connectivity index is 2.46. The average molecular weight is 341 g/mol. The fourth-order valence-corrected chi connectivity index (χ4v) is 2.72. The molecule has 1 heterocycles. The summed E-state index contributed by atoms with van der Waals surface area (Å²) in [4.78, 5) is 25.7. The van der Waals surface area contributed by atoms with Gasteiger partial charge in [0.2, 0.25) is 11.8 Å². The van der Waals surface area contributed by atoms with E-state index in [1.165, 1.54) is 4.90 Å². The Morgan fingerprint density at radius 2 is 2.05 bits per heavy atom. The van der Waals surface area contributed by atoms with Crippen LogP contribution in [0.1, 0.15) is 25.8 Å². The Labute approximate surface area is 125 Å². The summed E-state index contributed by atoms with van der Waals surface area (Å²) in [7, 11) is 0. The van der Waals surface area contributed by atoms with Crippen LogP contribution in [-0.2, 0) is 9.59 Å². The number of nitrogens with zero attached hydrogens (tertiary/aromatic N) is 1. The minimum absolute atomic E-state index is 0.193. The van der Waals surface area contributed by atoms with E-state index in [9.17, 15) is 9.59 Å². The molecule has 0 saturated carbocycles. The number of amides is 2. The van der Waals surface area contributed by atoms with Crippen LogP contribution in [0.15, 0.2) is 22.7 Å². The van der Waals surface area contributed by atoms with Crippen molar-refractivity contribution in [2.24, 2.45) is 11.1 Å². The molecular weight excluding hydrogens is 328 g/mol. The van der Waals surface area contributed by atoms with E-state index in [1.54, 1.807) is 32.0 Å². The quantitative estimate of drug-likeness (QED) is 0.663. The van der Waals surface area contributed by atoms with Crippen molar-refractivity contribution < 1.29 is 9.59 Å². The van der Waals surface area contributed by atoms with Gasteiger partial charge in [0.1, 0.15) is 4.99 Å². The maximum absolute atomic E-state index is 12.2. The number of anilines is 1. The SMILES string of the molecule is CC1(C)CC(=O)N(c2ccc(C(N)=S)cc2Br)C1=O. The zero-order chi connectivity index (χ0) is 14.4. The topological polar surface area (TPSA) is 63.4 Å². The largest absolute Gasteiger partial charge is 0.389 e. The van der Waals surface area contributed by atoms with Crippen molar-refractivity contribution in [3.05, 3.63) is 28.2 Å². The molecular formula is C13H13BrN2O2S. The van der Waals surface area contributed by atoms with E-state index in [0.29, 0.717) is 15.7 Å². The summed E-state index contributed by atoms with van der Waals surface area (Å²) in [6.07, 6.45) is 0.218. The van der Waals surface area contributed by atoms with Crippen LogP contribution in [0.25, 0.3) is 0 Å². The molecule has 1 aromatic carbocycles. The Morgan fingerprint density at radius 1 is 1.42 bits per heavy atom. The molecule has 0 aromatic heterocycles. The van der Waals surface area contributed by atoms with E-state index in [0.717, 1.165) is 0 Å².